The molecule has 1 unspecified atom stereocenters. The van der Waals surface area contributed by atoms with Crippen LogP contribution in [0.3, 0.4) is 0 Å². The van der Waals surface area contributed by atoms with Crippen LogP contribution in [0.25, 0.3) is 0 Å². The summed E-state index contributed by atoms with van der Waals surface area (Å²) >= 11 is 0. The molecule has 0 radical (unpaired) electrons. The molecular formula is C17H19NO5. The van der Waals surface area contributed by atoms with E-state index in [0.717, 1.165) is 4.90 Å². The SMILES string of the molecule is CC(C)(C)OC(=O)C1CCC(=O)N1C(=O)C(=O)c1ccccc1. The molecule has 122 valence electrons. The third kappa shape index (κ3) is 3.83. The van der Waals surface area contributed by atoms with Gasteiger partial charge in [-0.2, -0.15) is 0 Å². The minimum atomic E-state index is -1.04. The molecule has 0 aliphatic carbocycles. The Balaban J connectivity index is 2.21. The molecule has 1 aromatic rings. The van der Waals surface area contributed by atoms with Crippen LogP contribution in [0.2, 0.25) is 0 Å². The number of Topliss-reactive ketones (excluding diaryl/α,β-unsaturated/α-hetero) is 1. The Morgan fingerprint density at radius 3 is 2.30 bits per heavy atom. The first kappa shape index (κ1) is 16.9. The van der Waals surface area contributed by atoms with E-state index in [-0.39, 0.29) is 18.4 Å². The Morgan fingerprint density at radius 2 is 1.74 bits per heavy atom. The van der Waals surface area contributed by atoms with E-state index >= 15 is 0 Å². The molecule has 0 aromatic heterocycles. The van der Waals surface area contributed by atoms with E-state index in [1.54, 1.807) is 39.0 Å². The van der Waals surface area contributed by atoms with Crippen molar-refractivity contribution in [3.05, 3.63) is 35.9 Å². The number of hydrogen-bond donors (Lipinski definition) is 0. The number of ketones is 1. The van der Waals surface area contributed by atoms with Crippen LogP contribution in [-0.2, 0) is 19.1 Å². The standard InChI is InChI=1S/C17H19NO5/c1-17(2,3)23-16(22)12-9-10-13(19)18(12)15(21)14(20)11-7-5-4-6-8-11/h4-8,12H,9-10H2,1-3H3. The largest absolute Gasteiger partial charge is 0.458 e. The number of amides is 2. The Labute approximate surface area is 134 Å². The second-order valence-corrected chi connectivity index (χ2v) is 6.35. The van der Waals surface area contributed by atoms with E-state index < -0.39 is 35.2 Å². The number of esters is 1. The summed E-state index contributed by atoms with van der Waals surface area (Å²) in [5.74, 6) is -3.00. The quantitative estimate of drug-likeness (QED) is 0.482. The van der Waals surface area contributed by atoms with Crippen molar-refractivity contribution in [1.29, 1.82) is 0 Å². The van der Waals surface area contributed by atoms with Gasteiger partial charge in [-0.15, -0.1) is 0 Å². The van der Waals surface area contributed by atoms with E-state index in [1.807, 2.05) is 0 Å². The highest BCUT2D eigenvalue weighted by Gasteiger charge is 2.44. The van der Waals surface area contributed by atoms with Gasteiger partial charge in [-0.3, -0.25) is 19.3 Å². The monoisotopic (exact) mass is 317 g/mol. The van der Waals surface area contributed by atoms with Gasteiger partial charge in [0.25, 0.3) is 5.78 Å². The van der Waals surface area contributed by atoms with Gasteiger partial charge in [0.1, 0.15) is 11.6 Å². The molecule has 1 heterocycles. The normalized spacial score (nSPS) is 18.0. The van der Waals surface area contributed by atoms with E-state index in [1.165, 1.54) is 12.1 Å². The number of nitrogens with zero attached hydrogens (tertiary/aromatic N) is 1. The zero-order chi connectivity index (χ0) is 17.2. The first-order valence-corrected chi connectivity index (χ1v) is 7.39. The predicted molar refractivity (Wildman–Crippen MR) is 81.5 cm³/mol. The number of hydrogen-bond acceptors (Lipinski definition) is 5. The number of carbonyl (C=O) groups excluding carboxylic acids is 4. The van der Waals surface area contributed by atoms with Crippen LogP contribution in [-0.4, -0.2) is 40.1 Å². The summed E-state index contributed by atoms with van der Waals surface area (Å²) in [6, 6.07) is 6.90. The maximum atomic E-state index is 12.4. The molecular weight excluding hydrogens is 298 g/mol. The van der Waals surface area contributed by atoms with E-state index in [0.29, 0.717) is 0 Å². The molecule has 0 spiro atoms. The fraction of sp³-hybridized carbons (Fsp3) is 0.412. The number of benzene rings is 1. The summed E-state index contributed by atoms with van der Waals surface area (Å²) in [5.41, 5.74) is -0.555. The minimum Gasteiger partial charge on any atom is -0.458 e. The maximum absolute atomic E-state index is 12.4. The van der Waals surface area contributed by atoms with Gasteiger partial charge < -0.3 is 4.74 Å². The molecule has 6 heteroatoms. The summed E-state index contributed by atoms with van der Waals surface area (Å²) in [7, 11) is 0. The lowest BCUT2D eigenvalue weighted by Crippen LogP contribution is -2.48. The molecule has 1 fully saturated rings. The van der Waals surface area contributed by atoms with Gasteiger partial charge in [0.05, 0.1) is 0 Å². The van der Waals surface area contributed by atoms with Crippen molar-refractivity contribution in [2.75, 3.05) is 0 Å². The molecule has 1 saturated heterocycles. The average molecular weight is 317 g/mol. The van der Waals surface area contributed by atoms with Crippen molar-refractivity contribution in [1.82, 2.24) is 4.90 Å². The number of rotatable bonds is 3. The zero-order valence-corrected chi connectivity index (χ0v) is 13.4. The summed E-state index contributed by atoms with van der Waals surface area (Å²) < 4.78 is 5.24. The Bertz CT molecular complexity index is 645. The number of carbonyl (C=O) groups is 4. The molecule has 1 atom stereocenters. The Hall–Kier alpha value is -2.50. The number of imide groups is 1. The highest BCUT2D eigenvalue weighted by molar-refractivity contribution is 6.45. The van der Waals surface area contributed by atoms with Crippen LogP contribution in [0.4, 0.5) is 0 Å². The van der Waals surface area contributed by atoms with Crippen molar-refractivity contribution >= 4 is 23.6 Å². The summed E-state index contributed by atoms with van der Waals surface area (Å²) in [4.78, 5) is 49.5. The van der Waals surface area contributed by atoms with Crippen molar-refractivity contribution in [2.24, 2.45) is 0 Å². The van der Waals surface area contributed by atoms with Crippen molar-refractivity contribution < 1.29 is 23.9 Å². The lowest BCUT2D eigenvalue weighted by Gasteiger charge is -2.26. The van der Waals surface area contributed by atoms with Gasteiger partial charge in [-0.1, -0.05) is 30.3 Å². The van der Waals surface area contributed by atoms with Crippen LogP contribution < -0.4 is 0 Å². The summed E-state index contributed by atoms with van der Waals surface area (Å²) in [6.45, 7) is 5.09. The highest BCUT2D eigenvalue weighted by Crippen LogP contribution is 2.23. The van der Waals surface area contributed by atoms with Gasteiger partial charge in [0, 0.05) is 12.0 Å². The summed E-state index contributed by atoms with van der Waals surface area (Å²) in [5, 5.41) is 0. The fourth-order valence-corrected chi connectivity index (χ4v) is 2.35. The first-order chi connectivity index (χ1) is 10.7. The van der Waals surface area contributed by atoms with Crippen molar-refractivity contribution in [3.8, 4) is 0 Å². The maximum Gasteiger partial charge on any atom is 0.329 e. The topological polar surface area (TPSA) is 80.8 Å². The number of likely N-dealkylation sites (tertiary alicyclic amines) is 1. The molecule has 0 N–H and O–H groups in total. The lowest BCUT2D eigenvalue weighted by molar-refractivity contribution is -0.164. The fourth-order valence-electron chi connectivity index (χ4n) is 2.35. The zero-order valence-electron chi connectivity index (χ0n) is 13.4. The number of ether oxygens (including phenoxy) is 1. The Morgan fingerprint density at radius 1 is 1.13 bits per heavy atom. The van der Waals surface area contributed by atoms with Gasteiger partial charge in [-0.05, 0) is 27.2 Å². The van der Waals surface area contributed by atoms with Crippen LogP contribution in [0, 0.1) is 0 Å². The second kappa shape index (κ2) is 6.32. The average Bonchev–Trinajstić information content (AvgIpc) is 2.87. The third-order valence-electron chi connectivity index (χ3n) is 3.34. The van der Waals surface area contributed by atoms with Crippen LogP contribution >= 0.6 is 0 Å². The van der Waals surface area contributed by atoms with Crippen LogP contribution in [0.15, 0.2) is 30.3 Å². The molecule has 2 amide bonds. The molecule has 23 heavy (non-hydrogen) atoms. The van der Waals surface area contributed by atoms with Gasteiger partial charge in [0.15, 0.2) is 0 Å². The van der Waals surface area contributed by atoms with E-state index in [9.17, 15) is 19.2 Å². The van der Waals surface area contributed by atoms with Crippen molar-refractivity contribution in [3.63, 3.8) is 0 Å². The van der Waals surface area contributed by atoms with Crippen LogP contribution in [0.1, 0.15) is 44.0 Å². The molecule has 1 aliphatic heterocycles. The van der Waals surface area contributed by atoms with Crippen molar-refractivity contribution in [2.45, 2.75) is 45.3 Å². The Kier molecular flexibility index (Phi) is 4.63. The molecule has 0 bridgehead atoms. The second-order valence-electron chi connectivity index (χ2n) is 6.35. The minimum absolute atomic E-state index is 0.0394. The predicted octanol–water partition coefficient (Wildman–Crippen LogP) is 1.73. The first-order valence-electron chi connectivity index (χ1n) is 7.39. The molecule has 2 rings (SSSR count). The highest BCUT2D eigenvalue weighted by atomic mass is 16.6. The molecule has 0 saturated carbocycles. The van der Waals surface area contributed by atoms with E-state index in [4.69, 9.17) is 4.74 Å². The lowest BCUT2D eigenvalue weighted by atomic mass is 10.1. The van der Waals surface area contributed by atoms with Gasteiger partial charge in [-0.25, -0.2) is 4.79 Å². The molecule has 1 aliphatic rings. The van der Waals surface area contributed by atoms with Crippen LogP contribution in [0.5, 0.6) is 0 Å². The third-order valence-corrected chi connectivity index (χ3v) is 3.34. The van der Waals surface area contributed by atoms with E-state index in [2.05, 4.69) is 0 Å². The molecule has 1 aromatic carbocycles. The van der Waals surface area contributed by atoms with Gasteiger partial charge >= 0.3 is 11.9 Å². The molecule has 6 nitrogen and oxygen atoms in total. The van der Waals surface area contributed by atoms with Gasteiger partial charge in [0.2, 0.25) is 5.91 Å². The smallest absolute Gasteiger partial charge is 0.329 e. The summed E-state index contributed by atoms with van der Waals surface area (Å²) in [6.07, 6.45) is 0.208.